The Morgan fingerprint density at radius 3 is 2.89 bits per heavy atom. The molecule has 0 aliphatic rings. The fourth-order valence-electron chi connectivity index (χ4n) is 1.92. The van der Waals surface area contributed by atoms with Gasteiger partial charge in [0.2, 0.25) is 0 Å². The van der Waals surface area contributed by atoms with Gasteiger partial charge < -0.3 is 10.2 Å². The largest absolute Gasteiger partial charge is 0.308 e. The van der Waals surface area contributed by atoms with E-state index in [1.54, 1.807) is 17.5 Å². The minimum absolute atomic E-state index is 0.0246. The van der Waals surface area contributed by atoms with Gasteiger partial charge in [0.05, 0.1) is 40.7 Å². The third kappa shape index (κ3) is 3.33. The molecule has 2 rings (SSSR count). The van der Waals surface area contributed by atoms with Crippen LogP contribution >= 0.6 is 22.9 Å². The van der Waals surface area contributed by atoms with Crippen LogP contribution in [-0.2, 0) is 6.54 Å². The van der Waals surface area contributed by atoms with Gasteiger partial charge in [-0.2, -0.15) is 5.10 Å². The highest BCUT2D eigenvalue weighted by Crippen LogP contribution is 2.27. The fourth-order valence-corrected chi connectivity index (χ4v) is 2.75. The summed E-state index contributed by atoms with van der Waals surface area (Å²) in [5.41, 5.74) is 3.77. The van der Waals surface area contributed by atoms with Crippen molar-refractivity contribution < 1.29 is 0 Å². The number of nitrogens with zero attached hydrogens (tertiary/aromatic N) is 4. The second-order valence-corrected chi connectivity index (χ2v) is 5.67. The Morgan fingerprint density at radius 1 is 1.53 bits per heavy atom. The minimum Gasteiger partial charge on any atom is -0.308 e. The van der Waals surface area contributed by atoms with Crippen molar-refractivity contribution in [1.29, 1.82) is 0 Å². The number of hydrogen-bond donors (Lipinski definition) is 1. The molecular weight excluding hydrogens is 282 g/mol. The molecule has 19 heavy (non-hydrogen) atoms. The molecule has 0 saturated carbocycles. The van der Waals surface area contributed by atoms with Crippen molar-refractivity contribution in [3.63, 3.8) is 0 Å². The third-order valence-corrected chi connectivity index (χ3v) is 3.80. The number of likely N-dealkylation sites (N-methyl/N-ethyl adjacent to an activating group) is 1. The molecule has 0 fully saturated rings. The summed E-state index contributed by atoms with van der Waals surface area (Å²) in [6.07, 6.45) is 1.70. The van der Waals surface area contributed by atoms with Crippen LogP contribution in [0.1, 0.15) is 17.4 Å². The van der Waals surface area contributed by atoms with Gasteiger partial charge in [-0.15, -0.1) is 11.3 Å². The Balaban J connectivity index is 2.29. The lowest BCUT2D eigenvalue weighted by Crippen LogP contribution is -2.25. The van der Waals surface area contributed by atoms with Crippen LogP contribution in [0.2, 0.25) is 5.02 Å². The highest BCUT2D eigenvalue weighted by molar-refractivity contribution is 7.07. The van der Waals surface area contributed by atoms with E-state index in [0.717, 1.165) is 24.5 Å². The standard InChI is InChI=1S/C12H18ClN5S/c1-14-11(10-7-19-8-15-10)12-9(13)6-16-18(12)5-4-17(2)3/h6-8,11,14H,4-5H2,1-3H3. The Kier molecular flexibility index (Phi) is 4.93. The van der Waals surface area contributed by atoms with E-state index in [-0.39, 0.29) is 6.04 Å². The minimum atomic E-state index is -0.0246. The predicted molar refractivity (Wildman–Crippen MR) is 78.8 cm³/mol. The van der Waals surface area contributed by atoms with Crippen molar-refractivity contribution in [2.24, 2.45) is 0 Å². The summed E-state index contributed by atoms with van der Waals surface area (Å²) >= 11 is 7.87. The first-order chi connectivity index (χ1) is 9.13. The first kappa shape index (κ1) is 14.5. The summed E-state index contributed by atoms with van der Waals surface area (Å²) in [5, 5.41) is 10.3. The van der Waals surface area contributed by atoms with Crippen LogP contribution in [0.4, 0.5) is 0 Å². The zero-order chi connectivity index (χ0) is 13.8. The molecule has 2 aromatic rings. The van der Waals surface area contributed by atoms with Crippen LogP contribution in [0.15, 0.2) is 17.1 Å². The molecule has 0 aromatic carbocycles. The lowest BCUT2D eigenvalue weighted by molar-refractivity contribution is 0.366. The van der Waals surface area contributed by atoms with Crippen molar-refractivity contribution in [2.45, 2.75) is 12.6 Å². The average molecular weight is 300 g/mol. The topological polar surface area (TPSA) is 46.0 Å². The van der Waals surface area contributed by atoms with Crippen LogP contribution in [0.5, 0.6) is 0 Å². The van der Waals surface area contributed by atoms with Gasteiger partial charge in [-0.05, 0) is 21.1 Å². The summed E-state index contributed by atoms with van der Waals surface area (Å²) in [5.74, 6) is 0. The summed E-state index contributed by atoms with van der Waals surface area (Å²) in [4.78, 5) is 6.49. The van der Waals surface area contributed by atoms with Crippen molar-refractivity contribution >= 4 is 22.9 Å². The molecule has 1 atom stereocenters. The molecule has 0 amide bonds. The van der Waals surface area contributed by atoms with Crippen molar-refractivity contribution in [3.05, 3.63) is 33.5 Å². The lowest BCUT2D eigenvalue weighted by atomic mass is 10.1. The van der Waals surface area contributed by atoms with Gasteiger partial charge in [-0.1, -0.05) is 11.6 Å². The van der Waals surface area contributed by atoms with Crippen LogP contribution in [0.25, 0.3) is 0 Å². The molecule has 0 radical (unpaired) electrons. The van der Waals surface area contributed by atoms with Gasteiger partial charge >= 0.3 is 0 Å². The highest BCUT2D eigenvalue weighted by atomic mass is 35.5. The van der Waals surface area contributed by atoms with Crippen LogP contribution < -0.4 is 5.32 Å². The summed E-state index contributed by atoms with van der Waals surface area (Å²) in [7, 11) is 5.99. The molecule has 1 unspecified atom stereocenters. The van der Waals surface area contributed by atoms with E-state index in [9.17, 15) is 0 Å². The molecule has 0 spiro atoms. The van der Waals surface area contributed by atoms with E-state index < -0.39 is 0 Å². The van der Waals surface area contributed by atoms with Crippen LogP contribution in [0, 0.1) is 0 Å². The second kappa shape index (κ2) is 6.47. The second-order valence-electron chi connectivity index (χ2n) is 4.54. The molecule has 5 nitrogen and oxygen atoms in total. The van der Waals surface area contributed by atoms with Crippen molar-refractivity contribution in [1.82, 2.24) is 25.0 Å². The SMILES string of the molecule is CNC(c1cscn1)c1c(Cl)cnn1CCN(C)C. The average Bonchev–Trinajstić information content (AvgIpc) is 3.00. The molecule has 1 N–H and O–H groups in total. The van der Waals surface area contributed by atoms with Gasteiger partial charge in [0.15, 0.2) is 0 Å². The molecule has 104 valence electrons. The van der Waals surface area contributed by atoms with Gasteiger partial charge in [0.25, 0.3) is 0 Å². The molecule has 7 heteroatoms. The zero-order valence-electron chi connectivity index (χ0n) is 11.3. The molecule has 0 aliphatic carbocycles. The molecule has 2 heterocycles. The van der Waals surface area contributed by atoms with Crippen molar-refractivity contribution in [3.8, 4) is 0 Å². The first-order valence-corrected chi connectivity index (χ1v) is 7.37. The molecule has 2 aromatic heterocycles. The maximum atomic E-state index is 6.29. The normalized spacial score (nSPS) is 13.1. The van der Waals surface area contributed by atoms with Gasteiger partial charge in [-0.3, -0.25) is 4.68 Å². The number of halogens is 1. The summed E-state index contributed by atoms with van der Waals surface area (Å²) in [6.45, 7) is 1.72. The lowest BCUT2D eigenvalue weighted by Gasteiger charge is -2.18. The number of rotatable bonds is 6. The molecule has 0 aliphatic heterocycles. The Bertz CT molecular complexity index is 508. The van der Waals surface area contributed by atoms with E-state index in [4.69, 9.17) is 11.6 Å². The predicted octanol–water partition coefficient (Wildman–Crippen LogP) is 1.86. The van der Waals surface area contributed by atoms with E-state index in [0.29, 0.717) is 5.02 Å². The first-order valence-electron chi connectivity index (χ1n) is 6.04. The van der Waals surface area contributed by atoms with Gasteiger partial charge in [0.1, 0.15) is 0 Å². The maximum absolute atomic E-state index is 6.29. The zero-order valence-corrected chi connectivity index (χ0v) is 12.9. The smallest absolute Gasteiger partial charge is 0.0943 e. The number of aromatic nitrogens is 3. The Morgan fingerprint density at radius 2 is 2.32 bits per heavy atom. The van der Waals surface area contributed by atoms with E-state index in [1.165, 1.54) is 0 Å². The van der Waals surface area contributed by atoms with E-state index in [1.807, 2.05) is 36.7 Å². The summed E-state index contributed by atoms with van der Waals surface area (Å²) in [6, 6.07) is -0.0246. The summed E-state index contributed by atoms with van der Waals surface area (Å²) < 4.78 is 1.95. The number of nitrogens with one attached hydrogen (secondary N) is 1. The van der Waals surface area contributed by atoms with Crippen LogP contribution in [-0.4, -0.2) is 47.4 Å². The van der Waals surface area contributed by atoms with Gasteiger partial charge in [-0.25, -0.2) is 4.98 Å². The highest BCUT2D eigenvalue weighted by Gasteiger charge is 2.22. The number of thiazole rings is 1. The van der Waals surface area contributed by atoms with Crippen LogP contribution in [0.3, 0.4) is 0 Å². The quantitative estimate of drug-likeness (QED) is 0.884. The van der Waals surface area contributed by atoms with E-state index >= 15 is 0 Å². The Labute approximate surface area is 122 Å². The number of hydrogen-bond acceptors (Lipinski definition) is 5. The monoisotopic (exact) mass is 299 g/mol. The Hall–Kier alpha value is -0.950. The molecular formula is C12H18ClN5S. The maximum Gasteiger partial charge on any atom is 0.0943 e. The van der Waals surface area contributed by atoms with E-state index in [2.05, 4.69) is 20.3 Å². The fraction of sp³-hybridized carbons (Fsp3) is 0.500. The van der Waals surface area contributed by atoms with Crippen molar-refractivity contribution in [2.75, 3.05) is 27.7 Å². The molecule has 0 bridgehead atoms. The van der Waals surface area contributed by atoms with Gasteiger partial charge in [0, 0.05) is 11.9 Å². The third-order valence-electron chi connectivity index (χ3n) is 2.90. The molecule has 0 saturated heterocycles.